The molecule has 0 bridgehead atoms. The van der Waals surface area contributed by atoms with Crippen molar-refractivity contribution in [2.45, 2.75) is 45.4 Å². The van der Waals surface area contributed by atoms with E-state index in [1.807, 2.05) is 0 Å². The van der Waals surface area contributed by atoms with Crippen LogP contribution >= 0.6 is 11.3 Å². The van der Waals surface area contributed by atoms with Crippen LogP contribution in [0.15, 0.2) is 17.2 Å². The first-order valence-corrected chi connectivity index (χ1v) is 9.29. The molecule has 3 aromatic heterocycles. The molecule has 25 heavy (non-hydrogen) atoms. The molecule has 0 saturated carbocycles. The molecule has 0 aromatic carbocycles. The van der Waals surface area contributed by atoms with Crippen molar-refractivity contribution < 1.29 is 9.47 Å². The normalized spacial score (nSPS) is 20.3. The number of rotatable bonds is 4. The summed E-state index contributed by atoms with van der Waals surface area (Å²) in [5.74, 6) is 0. The van der Waals surface area contributed by atoms with E-state index in [2.05, 4.69) is 24.9 Å². The molecule has 6 nitrogen and oxygen atoms in total. The fraction of sp³-hybridized carbons (Fsp3) is 0.500. The third-order valence-corrected chi connectivity index (χ3v) is 6.08. The summed E-state index contributed by atoms with van der Waals surface area (Å²) >= 11 is 1.43. The van der Waals surface area contributed by atoms with E-state index in [0.29, 0.717) is 24.5 Å². The number of thiophene rings is 1. The molecular weight excluding hydrogens is 338 g/mol. The molecule has 132 valence electrons. The summed E-state index contributed by atoms with van der Waals surface area (Å²) in [6, 6.07) is 2.09. The van der Waals surface area contributed by atoms with Gasteiger partial charge in [0.1, 0.15) is 9.53 Å². The molecule has 0 spiro atoms. The van der Waals surface area contributed by atoms with E-state index in [-0.39, 0.29) is 11.2 Å². The second kappa shape index (κ2) is 6.16. The van der Waals surface area contributed by atoms with Crippen LogP contribution in [0, 0.1) is 0 Å². The van der Waals surface area contributed by atoms with Crippen molar-refractivity contribution in [2.75, 3.05) is 13.7 Å². The van der Waals surface area contributed by atoms with Gasteiger partial charge in [0.25, 0.3) is 5.56 Å². The number of fused-ring (bicyclic) bond motifs is 4. The van der Waals surface area contributed by atoms with Crippen molar-refractivity contribution in [1.29, 1.82) is 0 Å². The van der Waals surface area contributed by atoms with E-state index in [1.54, 1.807) is 18.0 Å². The highest BCUT2D eigenvalue weighted by Gasteiger charge is 2.30. The third-order valence-electron chi connectivity index (χ3n) is 5.01. The SMILES string of the molecule is CC[C@@]1(C)Cc2nc3sc4c(=O)n(CCOC)cnc4c3cc2CO1. The smallest absolute Gasteiger partial charge is 0.271 e. The second-order valence-electron chi connectivity index (χ2n) is 6.73. The number of pyridine rings is 1. The van der Waals surface area contributed by atoms with Gasteiger partial charge in [-0.1, -0.05) is 6.92 Å². The summed E-state index contributed by atoms with van der Waals surface area (Å²) in [4.78, 5) is 22.9. The lowest BCUT2D eigenvalue weighted by Gasteiger charge is -2.33. The quantitative estimate of drug-likeness (QED) is 0.717. The molecule has 0 saturated heterocycles. The van der Waals surface area contributed by atoms with Crippen LogP contribution in [-0.4, -0.2) is 33.9 Å². The predicted octanol–water partition coefficient (Wildman–Crippen LogP) is 2.89. The van der Waals surface area contributed by atoms with E-state index >= 15 is 0 Å². The topological polar surface area (TPSA) is 66.2 Å². The lowest BCUT2D eigenvalue weighted by atomic mass is 9.91. The maximum atomic E-state index is 12.7. The summed E-state index contributed by atoms with van der Waals surface area (Å²) in [6.45, 7) is 5.81. The van der Waals surface area contributed by atoms with Gasteiger partial charge >= 0.3 is 0 Å². The Morgan fingerprint density at radius 3 is 3.08 bits per heavy atom. The summed E-state index contributed by atoms with van der Waals surface area (Å²) in [5, 5.41) is 0.943. The Balaban J connectivity index is 1.86. The highest BCUT2D eigenvalue weighted by atomic mass is 32.1. The number of nitrogens with zero attached hydrogens (tertiary/aromatic N) is 3. The highest BCUT2D eigenvalue weighted by Crippen LogP contribution is 2.35. The Labute approximate surface area is 149 Å². The fourth-order valence-corrected chi connectivity index (χ4v) is 4.26. The van der Waals surface area contributed by atoms with E-state index in [4.69, 9.17) is 14.5 Å². The summed E-state index contributed by atoms with van der Waals surface area (Å²) in [6.07, 6.45) is 3.35. The first-order chi connectivity index (χ1) is 12.0. The van der Waals surface area contributed by atoms with Gasteiger partial charge in [-0.05, 0) is 19.4 Å². The van der Waals surface area contributed by atoms with Gasteiger partial charge < -0.3 is 9.47 Å². The van der Waals surface area contributed by atoms with Crippen molar-refractivity contribution >= 4 is 31.8 Å². The molecule has 7 heteroatoms. The monoisotopic (exact) mass is 359 g/mol. The minimum atomic E-state index is -0.157. The van der Waals surface area contributed by atoms with Crippen LogP contribution in [-0.2, 0) is 29.0 Å². The lowest BCUT2D eigenvalue weighted by molar-refractivity contribution is -0.0573. The van der Waals surface area contributed by atoms with Gasteiger partial charge in [0.15, 0.2) is 0 Å². The van der Waals surface area contributed by atoms with Crippen molar-refractivity contribution in [3.8, 4) is 0 Å². The summed E-state index contributed by atoms with van der Waals surface area (Å²) in [7, 11) is 1.62. The van der Waals surface area contributed by atoms with Gasteiger partial charge in [0.2, 0.25) is 0 Å². The summed E-state index contributed by atoms with van der Waals surface area (Å²) in [5.41, 5.74) is 2.73. The first kappa shape index (κ1) is 16.6. The Kier molecular flexibility index (Phi) is 4.10. The predicted molar refractivity (Wildman–Crippen MR) is 98.2 cm³/mol. The van der Waals surface area contributed by atoms with Gasteiger partial charge in [0.05, 0.1) is 42.9 Å². The minimum Gasteiger partial charge on any atom is -0.383 e. The van der Waals surface area contributed by atoms with Crippen LogP contribution in [0.3, 0.4) is 0 Å². The van der Waals surface area contributed by atoms with Crippen LogP contribution in [0.1, 0.15) is 31.5 Å². The Hall–Kier alpha value is -1.83. The molecule has 0 fully saturated rings. The molecule has 0 amide bonds. The molecule has 1 aliphatic rings. The molecule has 0 aliphatic carbocycles. The highest BCUT2D eigenvalue weighted by molar-refractivity contribution is 7.25. The molecule has 0 unspecified atom stereocenters. The van der Waals surface area contributed by atoms with Crippen molar-refractivity contribution in [3.63, 3.8) is 0 Å². The number of methoxy groups -OCH3 is 1. The van der Waals surface area contributed by atoms with Crippen molar-refractivity contribution in [1.82, 2.24) is 14.5 Å². The van der Waals surface area contributed by atoms with Gasteiger partial charge in [-0.2, -0.15) is 0 Å². The molecule has 1 aliphatic heterocycles. The molecule has 4 heterocycles. The Morgan fingerprint density at radius 1 is 1.48 bits per heavy atom. The van der Waals surface area contributed by atoms with Crippen LogP contribution in [0.4, 0.5) is 0 Å². The Bertz CT molecular complexity index is 1010. The van der Waals surface area contributed by atoms with E-state index < -0.39 is 0 Å². The zero-order valence-corrected chi connectivity index (χ0v) is 15.5. The fourth-order valence-electron chi connectivity index (χ4n) is 3.18. The van der Waals surface area contributed by atoms with Crippen LogP contribution in [0.5, 0.6) is 0 Å². The van der Waals surface area contributed by atoms with Crippen LogP contribution in [0.2, 0.25) is 0 Å². The minimum absolute atomic E-state index is 0.0299. The molecular formula is C18H21N3O3S. The third kappa shape index (κ3) is 2.76. The van der Waals surface area contributed by atoms with Gasteiger partial charge in [-0.15, -0.1) is 11.3 Å². The van der Waals surface area contributed by atoms with Crippen LogP contribution < -0.4 is 5.56 Å². The molecule has 0 radical (unpaired) electrons. The molecule has 1 atom stereocenters. The lowest BCUT2D eigenvalue weighted by Crippen LogP contribution is -2.35. The summed E-state index contributed by atoms with van der Waals surface area (Å²) < 4.78 is 13.3. The number of hydrogen-bond acceptors (Lipinski definition) is 6. The average Bonchev–Trinajstić information content (AvgIpc) is 2.97. The molecule has 3 aromatic rings. The standard InChI is InChI=1S/C18H21N3O3S/c1-4-18(2)8-13-11(9-24-18)7-12-14-15(25-16(12)20-13)17(22)21(10-19-14)5-6-23-3/h7,10H,4-6,8-9H2,1-3H3/t18-/m0/s1. The molecule has 4 rings (SSSR count). The largest absolute Gasteiger partial charge is 0.383 e. The van der Waals surface area contributed by atoms with Gasteiger partial charge in [-0.3, -0.25) is 9.36 Å². The first-order valence-electron chi connectivity index (χ1n) is 8.48. The second-order valence-corrected chi connectivity index (χ2v) is 7.73. The average molecular weight is 359 g/mol. The maximum Gasteiger partial charge on any atom is 0.271 e. The van der Waals surface area contributed by atoms with Crippen molar-refractivity contribution in [2.24, 2.45) is 0 Å². The zero-order valence-electron chi connectivity index (χ0n) is 14.7. The van der Waals surface area contributed by atoms with E-state index in [9.17, 15) is 4.79 Å². The molecule has 0 N–H and O–H groups in total. The van der Waals surface area contributed by atoms with Crippen molar-refractivity contribution in [3.05, 3.63) is 34.0 Å². The zero-order chi connectivity index (χ0) is 17.6. The maximum absolute atomic E-state index is 12.7. The van der Waals surface area contributed by atoms with Gasteiger partial charge in [0, 0.05) is 24.5 Å². The number of hydrogen-bond donors (Lipinski definition) is 0. The van der Waals surface area contributed by atoms with E-state index in [1.165, 1.54) is 11.3 Å². The Morgan fingerprint density at radius 2 is 2.32 bits per heavy atom. The number of ether oxygens (including phenoxy) is 2. The van der Waals surface area contributed by atoms with Crippen LogP contribution in [0.25, 0.3) is 20.4 Å². The number of aromatic nitrogens is 3. The van der Waals surface area contributed by atoms with E-state index in [0.717, 1.165) is 39.8 Å². The van der Waals surface area contributed by atoms with Gasteiger partial charge in [-0.25, -0.2) is 9.97 Å².